The predicted octanol–water partition coefficient (Wildman–Crippen LogP) is -0.134. The van der Waals surface area contributed by atoms with Crippen molar-refractivity contribution in [2.24, 2.45) is 5.10 Å². The third-order valence-corrected chi connectivity index (χ3v) is 4.40. The zero-order valence-electron chi connectivity index (χ0n) is 10.3. The van der Waals surface area contributed by atoms with E-state index in [-0.39, 0.29) is 24.3 Å². The van der Waals surface area contributed by atoms with Gasteiger partial charge in [0.1, 0.15) is 0 Å². The van der Waals surface area contributed by atoms with Gasteiger partial charge in [-0.15, -0.1) is 0 Å². The zero-order chi connectivity index (χ0) is 12.9. The van der Waals surface area contributed by atoms with Crippen molar-refractivity contribution in [3.8, 4) is 0 Å². The molecule has 0 spiro atoms. The zero-order valence-corrected chi connectivity index (χ0v) is 11.1. The summed E-state index contributed by atoms with van der Waals surface area (Å²) in [5, 5.41) is 4.87. The second-order valence-electron chi connectivity index (χ2n) is 4.29. The first-order valence-corrected chi connectivity index (χ1v) is 7.03. The molecule has 98 valence electrons. The lowest BCUT2D eigenvalue weighted by atomic mass is 10.3. The number of thioether (sulfide) groups is 1. The van der Waals surface area contributed by atoms with Crippen molar-refractivity contribution >= 4 is 28.9 Å². The molecule has 0 radical (unpaired) electrons. The number of nitrogens with one attached hydrogen (secondary N) is 1. The van der Waals surface area contributed by atoms with Crippen LogP contribution in [0, 0.1) is 0 Å². The summed E-state index contributed by atoms with van der Waals surface area (Å²) >= 11 is 1.41. The predicted molar refractivity (Wildman–Crippen MR) is 67.6 cm³/mol. The van der Waals surface area contributed by atoms with Gasteiger partial charge >= 0.3 is 6.03 Å². The van der Waals surface area contributed by atoms with E-state index in [4.69, 9.17) is 0 Å². The standard InChI is InChI=1S/C10H15N5O2S/c1-3-13-7-8(14(4-2)10(13)17)15-6(16)5-18-9(15)12-11-7/h7-8,11H,3-5H2,1-2H3. The number of likely N-dealkylation sites (N-methyl/N-ethyl adjacent to an activating group) is 2. The van der Waals surface area contributed by atoms with E-state index >= 15 is 0 Å². The third kappa shape index (κ3) is 1.35. The first kappa shape index (κ1) is 11.6. The minimum Gasteiger partial charge on any atom is -0.300 e. The molecule has 0 bridgehead atoms. The lowest BCUT2D eigenvalue weighted by molar-refractivity contribution is -0.128. The molecule has 2 saturated heterocycles. The van der Waals surface area contributed by atoms with E-state index in [2.05, 4.69) is 10.5 Å². The molecule has 0 aromatic carbocycles. The van der Waals surface area contributed by atoms with Crippen molar-refractivity contribution < 1.29 is 9.59 Å². The summed E-state index contributed by atoms with van der Waals surface area (Å²) < 4.78 is 0. The van der Waals surface area contributed by atoms with Gasteiger partial charge in [0.2, 0.25) is 5.91 Å². The van der Waals surface area contributed by atoms with Crippen molar-refractivity contribution in [3.05, 3.63) is 0 Å². The number of hydrazone groups is 1. The van der Waals surface area contributed by atoms with Crippen molar-refractivity contribution in [1.29, 1.82) is 0 Å². The van der Waals surface area contributed by atoms with Crippen LogP contribution in [-0.4, -0.2) is 63.0 Å². The van der Waals surface area contributed by atoms with Crippen LogP contribution < -0.4 is 5.43 Å². The van der Waals surface area contributed by atoms with Crippen molar-refractivity contribution in [1.82, 2.24) is 20.1 Å². The number of urea groups is 1. The van der Waals surface area contributed by atoms with Crippen LogP contribution in [0.25, 0.3) is 0 Å². The topological polar surface area (TPSA) is 68.2 Å². The average molecular weight is 269 g/mol. The second-order valence-corrected chi connectivity index (χ2v) is 5.23. The van der Waals surface area contributed by atoms with E-state index in [1.165, 1.54) is 11.8 Å². The van der Waals surface area contributed by atoms with Gasteiger partial charge in [0.25, 0.3) is 0 Å². The Bertz CT molecular complexity index is 440. The lowest BCUT2D eigenvalue weighted by Gasteiger charge is -2.36. The van der Waals surface area contributed by atoms with Gasteiger partial charge in [-0.2, -0.15) is 5.10 Å². The second kappa shape index (κ2) is 4.04. The molecule has 0 aromatic rings. The molecule has 0 saturated carbocycles. The fourth-order valence-electron chi connectivity index (χ4n) is 2.64. The number of carbonyl (C=O) groups excluding carboxylic acids is 2. The van der Waals surface area contributed by atoms with Crippen LogP contribution in [0.15, 0.2) is 5.10 Å². The van der Waals surface area contributed by atoms with Gasteiger partial charge in [0.15, 0.2) is 17.5 Å². The normalized spacial score (nSPS) is 30.3. The molecule has 2 unspecified atom stereocenters. The molecule has 3 rings (SSSR count). The number of carbonyl (C=O) groups is 2. The molecule has 3 amide bonds. The van der Waals surface area contributed by atoms with Crippen LogP contribution in [0.3, 0.4) is 0 Å². The molecule has 0 aromatic heterocycles. The number of amidine groups is 1. The maximum absolute atomic E-state index is 12.2. The summed E-state index contributed by atoms with van der Waals surface area (Å²) in [5.41, 5.74) is 3.01. The Morgan fingerprint density at radius 3 is 2.72 bits per heavy atom. The lowest BCUT2D eigenvalue weighted by Crippen LogP contribution is -2.60. The number of fused-ring (bicyclic) bond motifs is 3. The Labute approximate surface area is 109 Å². The summed E-state index contributed by atoms with van der Waals surface area (Å²) in [6.07, 6.45) is -0.508. The van der Waals surface area contributed by atoms with Gasteiger partial charge in [0, 0.05) is 13.1 Å². The molecular weight excluding hydrogens is 254 g/mol. The Hall–Kier alpha value is -1.44. The first-order chi connectivity index (χ1) is 8.69. The third-order valence-electron chi connectivity index (χ3n) is 3.47. The summed E-state index contributed by atoms with van der Waals surface area (Å²) in [6.45, 7) is 5.03. The molecular formula is C10H15N5O2S. The van der Waals surface area contributed by atoms with E-state index in [1.807, 2.05) is 13.8 Å². The van der Waals surface area contributed by atoms with Crippen LogP contribution in [0.4, 0.5) is 4.79 Å². The van der Waals surface area contributed by atoms with Crippen molar-refractivity contribution in [2.75, 3.05) is 18.8 Å². The van der Waals surface area contributed by atoms with Crippen LogP contribution in [-0.2, 0) is 4.79 Å². The van der Waals surface area contributed by atoms with Crippen LogP contribution in [0.2, 0.25) is 0 Å². The molecule has 7 nitrogen and oxygen atoms in total. The van der Waals surface area contributed by atoms with Gasteiger partial charge in [-0.1, -0.05) is 11.8 Å². The molecule has 3 aliphatic rings. The monoisotopic (exact) mass is 269 g/mol. The number of hydrogen-bond acceptors (Lipinski definition) is 5. The largest absolute Gasteiger partial charge is 0.323 e. The summed E-state index contributed by atoms with van der Waals surface area (Å²) in [6, 6.07) is -0.0383. The number of rotatable bonds is 2. The molecule has 3 aliphatic heterocycles. The SMILES string of the molecule is CCN1C(=O)N(CC)C2C1NN=C1SCC(=O)N12. The highest BCUT2D eigenvalue weighted by Gasteiger charge is 2.53. The number of amides is 3. The molecule has 0 aliphatic carbocycles. The maximum Gasteiger partial charge on any atom is 0.323 e. The maximum atomic E-state index is 12.2. The average Bonchev–Trinajstić information content (AvgIpc) is 2.87. The van der Waals surface area contributed by atoms with Crippen molar-refractivity contribution in [3.63, 3.8) is 0 Å². The highest BCUT2D eigenvalue weighted by molar-refractivity contribution is 8.15. The summed E-state index contributed by atoms with van der Waals surface area (Å²) in [5.74, 6) is 0.432. The first-order valence-electron chi connectivity index (χ1n) is 6.04. The minimum absolute atomic E-state index is 0.0273. The van der Waals surface area contributed by atoms with E-state index in [0.717, 1.165) is 0 Å². The molecule has 2 fully saturated rings. The fraction of sp³-hybridized carbons (Fsp3) is 0.700. The van der Waals surface area contributed by atoms with Crippen LogP contribution in [0.1, 0.15) is 13.8 Å². The van der Waals surface area contributed by atoms with E-state index in [9.17, 15) is 9.59 Å². The smallest absolute Gasteiger partial charge is 0.300 e. The Morgan fingerprint density at radius 1 is 1.33 bits per heavy atom. The van der Waals surface area contributed by atoms with Crippen LogP contribution >= 0.6 is 11.8 Å². The Kier molecular flexibility index (Phi) is 2.61. The van der Waals surface area contributed by atoms with Gasteiger partial charge in [-0.3, -0.25) is 24.9 Å². The van der Waals surface area contributed by atoms with E-state index < -0.39 is 0 Å². The van der Waals surface area contributed by atoms with Gasteiger partial charge < -0.3 is 0 Å². The number of hydrogen-bond donors (Lipinski definition) is 1. The quantitative estimate of drug-likeness (QED) is 0.758. The highest BCUT2D eigenvalue weighted by Crippen LogP contribution is 2.32. The minimum atomic E-state index is -0.266. The van der Waals surface area contributed by atoms with Gasteiger partial charge in [0.05, 0.1) is 5.75 Å². The summed E-state index contributed by atoms with van der Waals surface area (Å²) in [4.78, 5) is 29.3. The molecule has 1 N–H and O–H groups in total. The van der Waals surface area contributed by atoms with E-state index in [1.54, 1.807) is 14.7 Å². The highest BCUT2D eigenvalue weighted by atomic mass is 32.2. The van der Waals surface area contributed by atoms with Gasteiger partial charge in [-0.05, 0) is 13.8 Å². The van der Waals surface area contributed by atoms with Gasteiger partial charge in [-0.25, -0.2) is 4.79 Å². The van der Waals surface area contributed by atoms with Crippen molar-refractivity contribution in [2.45, 2.75) is 26.2 Å². The molecule has 3 heterocycles. The van der Waals surface area contributed by atoms with E-state index in [0.29, 0.717) is 24.0 Å². The fourth-order valence-corrected chi connectivity index (χ4v) is 3.50. The molecule has 8 heteroatoms. The molecule has 2 atom stereocenters. The Balaban J connectivity index is 2.01. The number of nitrogens with zero attached hydrogens (tertiary/aromatic N) is 4. The van der Waals surface area contributed by atoms with Crippen LogP contribution in [0.5, 0.6) is 0 Å². The summed E-state index contributed by atoms with van der Waals surface area (Å²) in [7, 11) is 0. The Morgan fingerprint density at radius 2 is 2.06 bits per heavy atom. The molecule has 18 heavy (non-hydrogen) atoms.